The number of aromatic nitrogens is 1. The molecule has 2 amide bonds. The van der Waals surface area contributed by atoms with E-state index in [1.165, 1.54) is 17.4 Å². The number of carbonyl (C=O) groups excluding carboxylic acids is 2. The Hall–Kier alpha value is -2.35. The summed E-state index contributed by atoms with van der Waals surface area (Å²) < 4.78 is 29.1. The quantitative estimate of drug-likeness (QED) is 0.916. The minimum Gasteiger partial charge on any atom is -0.340 e. The fourth-order valence-electron chi connectivity index (χ4n) is 2.04. The fraction of sp³-hybridized carbons (Fsp3) is 0.312. The molecule has 0 radical (unpaired) electrons. The molecule has 128 valence electrons. The Bertz CT molecular complexity index is 806. The second-order valence-electron chi connectivity index (χ2n) is 5.54. The van der Waals surface area contributed by atoms with Crippen molar-refractivity contribution in [3.05, 3.63) is 51.8 Å². The highest BCUT2D eigenvalue weighted by molar-refractivity contribution is 7.07. The summed E-state index contributed by atoms with van der Waals surface area (Å²) in [5.74, 6) is -3.82. The SMILES string of the molecule is CC(C)C(NC(=O)c1c(F)cccc1F)C(=O)N=c1sccn1C. The number of halogens is 2. The minimum atomic E-state index is -0.987. The molecular weight excluding hydrogens is 336 g/mol. The Kier molecular flexibility index (Phi) is 5.61. The van der Waals surface area contributed by atoms with Crippen LogP contribution in [0.3, 0.4) is 0 Å². The summed E-state index contributed by atoms with van der Waals surface area (Å²) in [6.07, 6.45) is 1.74. The molecule has 1 heterocycles. The van der Waals surface area contributed by atoms with Crippen molar-refractivity contribution in [2.75, 3.05) is 0 Å². The lowest BCUT2D eigenvalue weighted by Crippen LogP contribution is -2.45. The highest BCUT2D eigenvalue weighted by Crippen LogP contribution is 2.13. The van der Waals surface area contributed by atoms with Crippen LogP contribution >= 0.6 is 11.3 Å². The number of amides is 2. The molecule has 1 aromatic carbocycles. The average molecular weight is 353 g/mol. The van der Waals surface area contributed by atoms with Gasteiger partial charge in [0.1, 0.15) is 23.2 Å². The molecule has 2 rings (SSSR count). The van der Waals surface area contributed by atoms with Crippen molar-refractivity contribution in [3.63, 3.8) is 0 Å². The first-order valence-corrected chi connectivity index (χ1v) is 8.12. The fourth-order valence-corrected chi connectivity index (χ4v) is 2.78. The van der Waals surface area contributed by atoms with Gasteiger partial charge in [0.15, 0.2) is 4.80 Å². The second kappa shape index (κ2) is 7.48. The van der Waals surface area contributed by atoms with Crippen LogP contribution < -0.4 is 10.1 Å². The maximum atomic E-state index is 13.7. The summed E-state index contributed by atoms with van der Waals surface area (Å²) in [6, 6.07) is 2.15. The molecular formula is C16H17F2N3O2S. The van der Waals surface area contributed by atoms with Gasteiger partial charge in [-0.05, 0) is 18.1 Å². The molecule has 5 nitrogen and oxygen atoms in total. The summed E-state index contributed by atoms with van der Waals surface area (Å²) in [5, 5.41) is 4.15. The summed E-state index contributed by atoms with van der Waals surface area (Å²) in [6.45, 7) is 3.43. The van der Waals surface area contributed by atoms with Gasteiger partial charge >= 0.3 is 0 Å². The van der Waals surface area contributed by atoms with Gasteiger partial charge in [0.05, 0.1) is 0 Å². The van der Waals surface area contributed by atoms with Gasteiger partial charge in [-0.1, -0.05) is 19.9 Å². The number of aryl methyl sites for hydroxylation is 1. The number of nitrogens with one attached hydrogen (secondary N) is 1. The zero-order valence-electron chi connectivity index (χ0n) is 13.4. The Labute approximate surface area is 141 Å². The standard InChI is InChI=1S/C16H17F2N3O2S/c1-9(2)13(15(23)20-16-21(3)7-8-24-16)19-14(22)12-10(17)5-4-6-11(12)18/h4-9,13H,1-3H3,(H,19,22). The normalized spacial score (nSPS) is 13.2. The van der Waals surface area contributed by atoms with Gasteiger partial charge in [0.2, 0.25) is 0 Å². The molecule has 24 heavy (non-hydrogen) atoms. The van der Waals surface area contributed by atoms with E-state index in [-0.39, 0.29) is 5.92 Å². The first-order valence-electron chi connectivity index (χ1n) is 7.25. The molecule has 0 aliphatic heterocycles. The van der Waals surface area contributed by atoms with Crippen LogP contribution in [0.2, 0.25) is 0 Å². The van der Waals surface area contributed by atoms with Crippen LogP contribution in [-0.4, -0.2) is 22.4 Å². The molecule has 1 unspecified atom stereocenters. The molecule has 1 aromatic heterocycles. The minimum absolute atomic E-state index is 0.301. The lowest BCUT2D eigenvalue weighted by Gasteiger charge is -2.19. The third kappa shape index (κ3) is 3.94. The molecule has 1 atom stereocenters. The van der Waals surface area contributed by atoms with E-state index in [4.69, 9.17) is 0 Å². The Morgan fingerprint density at radius 3 is 2.38 bits per heavy atom. The number of carbonyl (C=O) groups is 2. The molecule has 0 saturated heterocycles. The zero-order chi connectivity index (χ0) is 17.9. The molecule has 0 aliphatic carbocycles. The van der Waals surface area contributed by atoms with Gasteiger partial charge < -0.3 is 9.88 Å². The monoisotopic (exact) mass is 353 g/mol. The van der Waals surface area contributed by atoms with Crippen LogP contribution in [0.15, 0.2) is 34.8 Å². The molecule has 0 spiro atoms. The topological polar surface area (TPSA) is 63.5 Å². The van der Waals surface area contributed by atoms with Gasteiger partial charge in [0.25, 0.3) is 11.8 Å². The third-order valence-corrected chi connectivity index (χ3v) is 4.22. The molecule has 2 aromatic rings. The summed E-state index contributed by atoms with van der Waals surface area (Å²) >= 11 is 1.27. The van der Waals surface area contributed by atoms with Crippen molar-refractivity contribution < 1.29 is 18.4 Å². The van der Waals surface area contributed by atoms with Gasteiger partial charge in [-0.3, -0.25) is 9.59 Å². The number of nitrogens with zero attached hydrogens (tertiary/aromatic N) is 2. The van der Waals surface area contributed by atoms with Crippen LogP contribution in [0.1, 0.15) is 24.2 Å². The number of hydrogen-bond donors (Lipinski definition) is 1. The lowest BCUT2D eigenvalue weighted by atomic mass is 10.0. The highest BCUT2D eigenvalue weighted by atomic mass is 32.1. The van der Waals surface area contributed by atoms with E-state index in [1.807, 2.05) is 0 Å². The van der Waals surface area contributed by atoms with Gasteiger partial charge in [0, 0.05) is 18.6 Å². The number of benzene rings is 1. The highest BCUT2D eigenvalue weighted by Gasteiger charge is 2.27. The van der Waals surface area contributed by atoms with Crippen LogP contribution in [-0.2, 0) is 11.8 Å². The van der Waals surface area contributed by atoms with Crippen LogP contribution in [0, 0.1) is 17.6 Å². The largest absolute Gasteiger partial charge is 0.340 e. The summed E-state index contributed by atoms with van der Waals surface area (Å²) in [4.78, 5) is 29.0. The molecule has 0 saturated carbocycles. The van der Waals surface area contributed by atoms with Crippen molar-refractivity contribution in [1.82, 2.24) is 9.88 Å². The van der Waals surface area contributed by atoms with Gasteiger partial charge in [-0.25, -0.2) is 8.78 Å². The van der Waals surface area contributed by atoms with Crippen LogP contribution in [0.5, 0.6) is 0 Å². The van der Waals surface area contributed by atoms with E-state index in [0.717, 1.165) is 12.1 Å². The maximum absolute atomic E-state index is 13.7. The van der Waals surface area contributed by atoms with Crippen molar-refractivity contribution in [1.29, 1.82) is 0 Å². The van der Waals surface area contributed by atoms with E-state index in [0.29, 0.717) is 4.80 Å². The first kappa shape index (κ1) is 18.0. The van der Waals surface area contributed by atoms with E-state index in [9.17, 15) is 18.4 Å². The molecule has 8 heteroatoms. The molecule has 0 bridgehead atoms. The van der Waals surface area contributed by atoms with E-state index < -0.39 is 35.1 Å². The predicted octanol–water partition coefficient (Wildman–Crippen LogP) is 2.25. The Balaban J connectivity index is 2.28. The molecule has 0 aliphatic rings. The predicted molar refractivity (Wildman–Crippen MR) is 86.3 cm³/mol. The van der Waals surface area contributed by atoms with Crippen molar-refractivity contribution in [2.45, 2.75) is 19.9 Å². The first-order chi connectivity index (χ1) is 11.3. The lowest BCUT2D eigenvalue weighted by molar-refractivity contribution is -0.120. The van der Waals surface area contributed by atoms with Gasteiger partial charge in [-0.2, -0.15) is 4.99 Å². The summed E-state index contributed by atoms with van der Waals surface area (Å²) in [5.41, 5.74) is -0.711. The number of thiazole rings is 1. The van der Waals surface area contributed by atoms with Crippen molar-refractivity contribution >= 4 is 23.2 Å². The maximum Gasteiger partial charge on any atom is 0.271 e. The number of hydrogen-bond acceptors (Lipinski definition) is 3. The van der Waals surface area contributed by atoms with Crippen molar-refractivity contribution in [3.8, 4) is 0 Å². The Morgan fingerprint density at radius 2 is 1.88 bits per heavy atom. The van der Waals surface area contributed by atoms with Crippen LogP contribution in [0.4, 0.5) is 8.78 Å². The smallest absolute Gasteiger partial charge is 0.271 e. The molecule has 1 N–H and O–H groups in total. The second-order valence-corrected chi connectivity index (χ2v) is 6.41. The van der Waals surface area contributed by atoms with Crippen molar-refractivity contribution in [2.24, 2.45) is 18.0 Å². The zero-order valence-corrected chi connectivity index (χ0v) is 14.2. The number of rotatable bonds is 4. The van der Waals surface area contributed by atoms with Gasteiger partial charge in [-0.15, -0.1) is 11.3 Å². The van der Waals surface area contributed by atoms with E-state index in [2.05, 4.69) is 10.3 Å². The average Bonchev–Trinajstić information content (AvgIpc) is 2.89. The van der Waals surface area contributed by atoms with E-state index >= 15 is 0 Å². The Morgan fingerprint density at radius 1 is 1.25 bits per heavy atom. The summed E-state index contributed by atoms with van der Waals surface area (Å²) in [7, 11) is 1.74. The molecule has 0 fully saturated rings. The third-order valence-electron chi connectivity index (χ3n) is 3.37. The van der Waals surface area contributed by atoms with Crippen LogP contribution in [0.25, 0.3) is 0 Å². The van der Waals surface area contributed by atoms with E-state index in [1.54, 1.807) is 37.0 Å².